The summed E-state index contributed by atoms with van der Waals surface area (Å²) < 4.78 is 14.9. The van der Waals surface area contributed by atoms with Crippen molar-refractivity contribution in [3.63, 3.8) is 0 Å². The summed E-state index contributed by atoms with van der Waals surface area (Å²) in [7, 11) is 0. The molecule has 3 aromatic rings. The number of hydrogen-bond donors (Lipinski definition) is 1. The van der Waals surface area contributed by atoms with Crippen LogP contribution < -0.4 is 5.32 Å². The zero-order valence-electron chi connectivity index (χ0n) is 23.9. The summed E-state index contributed by atoms with van der Waals surface area (Å²) in [6, 6.07) is 17.5. The van der Waals surface area contributed by atoms with E-state index in [1.165, 1.54) is 18.2 Å². The van der Waals surface area contributed by atoms with E-state index < -0.39 is 11.5 Å². The molecule has 5 nitrogen and oxygen atoms in total. The highest BCUT2D eigenvalue weighted by Crippen LogP contribution is 2.59. The number of benzene rings is 3. The number of nitrogens with zero attached hydrogens (tertiary/aromatic N) is 3. The fraction of sp³-hybridized carbons (Fsp3) is 0.394. The summed E-state index contributed by atoms with van der Waals surface area (Å²) in [5.74, 6) is 1.33. The van der Waals surface area contributed by atoms with Gasteiger partial charge < -0.3 is 10.2 Å². The first-order valence-electron chi connectivity index (χ1n) is 14.5. The first-order chi connectivity index (χ1) is 20.3. The Morgan fingerprint density at radius 1 is 1.05 bits per heavy atom. The molecule has 6 rings (SSSR count). The van der Waals surface area contributed by atoms with Crippen LogP contribution in [0, 0.1) is 12.7 Å². The average Bonchev–Trinajstić information content (AvgIpc) is 3.26. The molecule has 1 amide bonds. The summed E-state index contributed by atoms with van der Waals surface area (Å²) in [6.07, 6.45) is 3.89. The number of thioether (sulfide) groups is 1. The number of carbonyl (C=O) groups is 1. The lowest BCUT2D eigenvalue weighted by Crippen LogP contribution is -2.54. The second kappa shape index (κ2) is 12.2. The van der Waals surface area contributed by atoms with Crippen LogP contribution in [0.4, 0.5) is 10.1 Å². The Bertz CT molecular complexity index is 1530. The Labute approximate surface area is 261 Å². The summed E-state index contributed by atoms with van der Waals surface area (Å²) >= 11 is 14.8. The van der Waals surface area contributed by atoms with Crippen molar-refractivity contribution < 1.29 is 9.18 Å². The van der Waals surface area contributed by atoms with Crippen LogP contribution in [0.15, 0.2) is 65.7 Å². The van der Waals surface area contributed by atoms with Crippen molar-refractivity contribution in [1.82, 2.24) is 9.80 Å². The Hall–Kier alpha value is -2.58. The number of carbonyl (C=O) groups excluding carboxylic acids is 1. The number of fused-ring (bicyclic) bond motifs is 2. The zero-order chi connectivity index (χ0) is 29.4. The lowest BCUT2D eigenvalue weighted by atomic mass is 9.59. The highest BCUT2D eigenvalue weighted by atomic mass is 35.5. The fourth-order valence-electron chi connectivity index (χ4n) is 6.98. The SMILES string of the molecule is CSCCCN1CCN(C2=N[C@@H](c3cc(F)ccc3C)C3(C(=O)Nc4cc(Cl)ccc43)C(c3cccc(Cl)c3)C2)CC1. The number of amides is 1. The minimum absolute atomic E-state index is 0.153. The first kappa shape index (κ1) is 29.5. The first-order valence-corrected chi connectivity index (χ1v) is 16.6. The van der Waals surface area contributed by atoms with E-state index in [0.29, 0.717) is 27.7 Å². The normalized spacial score (nSPS) is 24.1. The van der Waals surface area contributed by atoms with Crippen molar-refractivity contribution in [2.45, 2.75) is 37.1 Å². The summed E-state index contributed by atoms with van der Waals surface area (Å²) in [4.78, 5) is 24.7. The lowest BCUT2D eigenvalue weighted by Gasteiger charge is -2.47. The molecule has 0 radical (unpaired) electrons. The van der Waals surface area contributed by atoms with Gasteiger partial charge in [-0.1, -0.05) is 47.5 Å². The number of aliphatic imine (C=N–C) groups is 1. The van der Waals surface area contributed by atoms with Crippen molar-refractivity contribution in [1.29, 1.82) is 0 Å². The molecule has 1 fully saturated rings. The summed E-state index contributed by atoms with van der Waals surface area (Å²) in [5.41, 5.74) is 2.96. The molecule has 3 atom stereocenters. The molecule has 1 N–H and O–H groups in total. The van der Waals surface area contributed by atoms with Crippen LogP contribution in [-0.4, -0.2) is 66.3 Å². The summed E-state index contributed by atoms with van der Waals surface area (Å²) in [6.45, 7) is 6.71. The number of piperazine rings is 1. The van der Waals surface area contributed by atoms with E-state index in [2.05, 4.69) is 21.4 Å². The fourth-order valence-corrected chi connectivity index (χ4v) is 7.77. The van der Waals surface area contributed by atoms with Gasteiger partial charge in [0, 0.05) is 54.3 Å². The van der Waals surface area contributed by atoms with Crippen LogP contribution in [0.25, 0.3) is 0 Å². The van der Waals surface area contributed by atoms with Gasteiger partial charge in [0.05, 0.1) is 6.04 Å². The highest BCUT2D eigenvalue weighted by molar-refractivity contribution is 7.98. The van der Waals surface area contributed by atoms with Crippen LogP contribution in [-0.2, 0) is 10.2 Å². The lowest BCUT2D eigenvalue weighted by molar-refractivity contribution is -0.122. The van der Waals surface area contributed by atoms with E-state index in [0.717, 1.165) is 55.2 Å². The van der Waals surface area contributed by atoms with Crippen LogP contribution in [0.5, 0.6) is 0 Å². The van der Waals surface area contributed by atoms with E-state index in [4.69, 9.17) is 28.2 Å². The topological polar surface area (TPSA) is 47.9 Å². The van der Waals surface area contributed by atoms with E-state index >= 15 is 0 Å². The quantitative estimate of drug-likeness (QED) is 0.292. The van der Waals surface area contributed by atoms with Gasteiger partial charge in [0.2, 0.25) is 5.91 Å². The molecule has 42 heavy (non-hydrogen) atoms. The number of halogens is 3. The van der Waals surface area contributed by atoms with Gasteiger partial charge in [0.1, 0.15) is 17.1 Å². The monoisotopic (exact) mass is 624 g/mol. The van der Waals surface area contributed by atoms with Crippen molar-refractivity contribution in [3.8, 4) is 0 Å². The molecule has 1 spiro atoms. The van der Waals surface area contributed by atoms with Crippen molar-refractivity contribution >= 4 is 52.4 Å². The Morgan fingerprint density at radius 2 is 1.83 bits per heavy atom. The van der Waals surface area contributed by atoms with Gasteiger partial charge in [-0.05, 0) is 90.5 Å². The Kier molecular flexibility index (Phi) is 8.56. The van der Waals surface area contributed by atoms with Gasteiger partial charge in [-0.2, -0.15) is 11.8 Å². The molecule has 0 aromatic heterocycles. The van der Waals surface area contributed by atoms with E-state index in [1.54, 1.807) is 18.2 Å². The van der Waals surface area contributed by atoms with E-state index in [9.17, 15) is 9.18 Å². The minimum Gasteiger partial charge on any atom is -0.358 e. The standard InChI is InChI=1S/C33H35Cl2FN4OS/c1-21-7-9-25(36)19-26(21)31-33(27-10-8-24(35)18-29(27)37-32(33)41)28(22-5-3-6-23(34)17-22)20-30(38-31)40-14-12-39(13-15-40)11-4-16-42-2/h3,5-10,17-19,28,31H,4,11-16,20H2,1-2H3,(H,37,41)/t28?,31-,33?/m0/s1. The van der Waals surface area contributed by atoms with Gasteiger partial charge in [-0.15, -0.1) is 0 Å². The minimum atomic E-state index is -1.12. The average molecular weight is 626 g/mol. The molecule has 2 unspecified atom stereocenters. The smallest absolute Gasteiger partial charge is 0.238 e. The van der Waals surface area contributed by atoms with Crippen LogP contribution in [0.1, 0.15) is 47.1 Å². The van der Waals surface area contributed by atoms with Crippen molar-refractivity contribution in [3.05, 3.63) is 98.8 Å². The third-order valence-electron chi connectivity index (χ3n) is 9.04. The van der Waals surface area contributed by atoms with Gasteiger partial charge in [0.15, 0.2) is 0 Å². The van der Waals surface area contributed by atoms with E-state index in [1.807, 2.05) is 55.1 Å². The molecule has 9 heteroatoms. The molecule has 0 bridgehead atoms. The van der Waals surface area contributed by atoms with Crippen LogP contribution in [0.2, 0.25) is 10.0 Å². The Morgan fingerprint density at radius 3 is 2.60 bits per heavy atom. The predicted molar refractivity (Wildman–Crippen MR) is 173 cm³/mol. The van der Waals surface area contributed by atoms with E-state index in [-0.39, 0.29) is 17.6 Å². The number of amidine groups is 1. The zero-order valence-corrected chi connectivity index (χ0v) is 26.2. The molecule has 0 saturated carbocycles. The second-order valence-electron chi connectivity index (χ2n) is 11.4. The number of rotatable bonds is 6. The number of anilines is 1. The maximum Gasteiger partial charge on any atom is 0.238 e. The summed E-state index contributed by atoms with van der Waals surface area (Å²) in [5, 5.41) is 4.28. The molecule has 3 heterocycles. The van der Waals surface area contributed by atoms with Crippen LogP contribution in [0.3, 0.4) is 0 Å². The number of aryl methyl sites for hydroxylation is 1. The maximum absolute atomic E-state index is 14.9. The molecular weight excluding hydrogens is 590 g/mol. The van der Waals surface area contributed by atoms with Gasteiger partial charge in [-0.3, -0.25) is 14.7 Å². The largest absolute Gasteiger partial charge is 0.358 e. The molecule has 0 aliphatic carbocycles. The molecule has 3 aromatic carbocycles. The molecule has 220 valence electrons. The van der Waals surface area contributed by atoms with Gasteiger partial charge >= 0.3 is 0 Å². The molecular formula is C33H35Cl2FN4OS. The van der Waals surface area contributed by atoms with Crippen molar-refractivity contribution in [2.24, 2.45) is 4.99 Å². The highest BCUT2D eigenvalue weighted by Gasteiger charge is 2.61. The number of hydrogen-bond acceptors (Lipinski definition) is 5. The van der Waals surface area contributed by atoms with Gasteiger partial charge in [0.25, 0.3) is 0 Å². The predicted octanol–water partition coefficient (Wildman–Crippen LogP) is 7.33. The molecule has 1 saturated heterocycles. The molecule has 3 aliphatic heterocycles. The van der Waals surface area contributed by atoms with Crippen LogP contribution >= 0.6 is 35.0 Å². The van der Waals surface area contributed by atoms with Crippen molar-refractivity contribution in [2.75, 3.05) is 50.0 Å². The Balaban J connectivity index is 1.51. The molecule has 3 aliphatic rings. The second-order valence-corrected chi connectivity index (χ2v) is 13.3. The number of nitrogens with one attached hydrogen (secondary N) is 1. The maximum atomic E-state index is 14.9. The third-order valence-corrected chi connectivity index (χ3v) is 10.2. The third kappa shape index (κ3) is 5.34. The van der Waals surface area contributed by atoms with Gasteiger partial charge in [-0.25, -0.2) is 4.39 Å².